The number of nitrogens with zero attached hydrogens (tertiary/aromatic N) is 1. The lowest BCUT2D eigenvalue weighted by Gasteiger charge is -2.16. The molecular weight excluding hydrogens is 406 g/mol. The van der Waals surface area contributed by atoms with Gasteiger partial charge in [-0.25, -0.2) is 8.78 Å². The molecule has 160 valence electrons. The number of benzene rings is 3. The third kappa shape index (κ3) is 5.01. The Morgan fingerprint density at radius 2 is 1.69 bits per heavy atom. The SMILES string of the molecule is C=C(NCc1cc(F)cc(F)c1)c1cccc(Oc2ccnc(-c3ccccc3)c2)c1C. The van der Waals surface area contributed by atoms with Gasteiger partial charge in [0.1, 0.15) is 23.1 Å². The number of pyridine rings is 1. The van der Waals surface area contributed by atoms with Crippen molar-refractivity contribution in [2.75, 3.05) is 0 Å². The van der Waals surface area contributed by atoms with Crippen LogP contribution in [0.1, 0.15) is 16.7 Å². The lowest BCUT2D eigenvalue weighted by molar-refractivity contribution is 0.478. The van der Waals surface area contributed by atoms with Crippen LogP contribution in [-0.4, -0.2) is 4.98 Å². The van der Waals surface area contributed by atoms with E-state index in [-0.39, 0.29) is 6.54 Å². The summed E-state index contributed by atoms with van der Waals surface area (Å²) in [7, 11) is 0. The second-order valence-corrected chi connectivity index (χ2v) is 7.38. The summed E-state index contributed by atoms with van der Waals surface area (Å²) >= 11 is 0. The van der Waals surface area contributed by atoms with Gasteiger partial charge >= 0.3 is 0 Å². The lowest BCUT2D eigenvalue weighted by Crippen LogP contribution is -2.12. The molecule has 0 radical (unpaired) electrons. The van der Waals surface area contributed by atoms with E-state index in [9.17, 15) is 8.78 Å². The molecule has 32 heavy (non-hydrogen) atoms. The Kier molecular flexibility index (Phi) is 6.26. The van der Waals surface area contributed by atoms with Crippen molar-refractivity contribution in [1.29, 1.82) is 0 Å². The number of nitrogens with one attached hydrogen (secondary N) is 1. The molecule has 1 N–H and O–H groups in total. The zero-order chi connectivity index (χ0) is 22.5. The van der Waals surface area contributed by atoms with E-state index in [0.29, 0.717) is 22.8 Å². The van der Waals surface area contributed by atoms with Crippen LogP contribution in [-0.2, 0) is 6.54 Å². The van der Waals surface area contributed by atoms with Crippen LogP contribution in [0.5, 0.6) is 11.5 Å². The Bertz CT molecular complexity index is 1240. The maximum absolute atomic E-state index is 13.4. The first-order valence-corrected chi connectivity index (χ1v) is 10.2. The minimum Gasteiger partial charge on any atom is -0.457 e. The van der Waals surface area contributed by atoms with Gasteiger partial charge in [-0.05, 0) is 36.8 Å². The van der Waals surface area contributed by atoms with Gasteiger partial charge in [0.15, 0.2) is 0 Å². The van der Waals surface area contributed by atoms with Crippen molar-refractivity contribution in [3.8, 4) is 22.8 Å². The van der Waals surface area contributed by atoms with Crippen LogP contribution in [0.15, 0.2) is 91.6 Å². The van der Waals surface area contributed by atoms with Crippen LogP contribution in [0.2, 0.25) is 0 Å². The summed E-state index contributed by atoms with van der Waals surface area (Å²) in [6.07, 6.45) is 1.72. The van der Waals surface area contributed by atoms with E-state index < -0.39 is 11.6 Å². The van der Waals surface area contributed by atoms with E-state index in [0.717, 1.165) is 28.5 Å². The molecule has 3 aromatic carbocycles. The molecule has 0 unspecified atom stereocenters. The van der Waals surface area contributed by atoms with Gasteiger partial charge in [0, 0.05) is 47.3 Å². The van der Waals surface area contributed by atoms with E-state index in [1.54, 1.807) is 6.20 Å². The average molecular weight is 428 g/mol. The number of hydrogen-bond donors (Lipinski definition) is 1. The van der Waals surface area contributed by atoms with E-state index in [4.69, 9.17) is 4.74 Å². The fraction of sp³-hybridized carbons (Fsp3) is 0.0741. The summed E-state index contributed by atoms with van der Waals surface area (Å²) < 4.78 is 33.0. The Labute approximate surface area is 186 Å². The van der Waals surface area contributed by atoms with Gasteiger partial charge in [-0.2, -0.15) is 0 Å². The highest BCUT2D eigenvalue weighted by Gasteiger charge is 2.10. The van der Waals surface area contributed by atoms with Gasteiger partial charge in [-0.3, -0.25) is 4.98 Å². The van der Waals surface area contributed by atoms with Crippen LogP contribution in [0.4, 0.5) is 8.78 Å². The second-order valence-electron chi connectivity index (χ2n) is 7.38. The van der Waals surface area contributed by atoms with E-state index in [1.165, 1.54) is 12.1 Å². The molecule has 3 nitrogen and oxygen atoms in total. The van der Waals surface area contributed by atoms with Crippen molar-refractivity contribution < 1.29 is 13.5 Å². The predicted octanol–water partition coefficient (Wildman–Crippen LogP) is 6.89. The highest BCUT2D eigenvalue weighted by molar-refractivity contribution is 5.67. The summed E-state index contributed by atoms with van der Waals surface area (Å²) in [4.78, 5) is 4.43. The number of aromatic nitrogens is 1. The molecule has 0 aliphatic carbocycles. The normalized spacial score (nSPS) is 10.6. The Morgan fingerprint density at radius 1 is 0.938 bits per heavy atom. The van der Waals surface area contributed by atoms with Gasteiger partial charge in [0.2, 0.25) is 0 Å². The quantitative estimate of drug-likeness (QED) is 0.348. The van der Waals surface area contributed by atoms with Crippen LogP contribution < -0.4 is 10.1 Å². The van der Waals surface area contributed by atoms with Crippen molar-refractivity contribution in [2.45, 2.75) is 13.5 Å². The highest BCUT2D eigenvalue weighted by atomic mass is 19.1. The first-order valence-electron chi connectivity index (χ1n) is 10.2. The molecule has 5 heteroatoms. The third-order valence-corrected chi connectivity index (χ3v) is 5.07. The molecule has 0 amide bonds. The van der Waals surface area contributed by atoms with Crippen LogP contribution in [0.25, 0.3) is 17.0 Å². The fourth-order valence-electron chi connectivity index (χ4n) is 3.44. The molecule has 0 atom stereocenters. The molecule has 0 aliphatic heterocycles. The molecule has 0 aliphatic rings. The first kappa shape index (κ1) is 21.2. The smallest absolute Gasteiger partial charge is 0.131 e. The summed E-state index contributed by atoms with van der Waals surface area (Å²) in [5, 5.41) is 3.14. The molecule has 4 rings (SSSR count). The molecule has 0 saturated heterocycles. The van der Waals surface area contributed by atoms with E-state index >= 15 is 0 Å². The van der Waals surface area contributed by atoms with Gasteiger partial charge in [-0.1, -0.05) is 49.0 Å². The van der Waals surface area contributed by atoms with Gasteiger partial charge in [0.25, 0.3) is 0 Å². The number of rotatable bonds is 7. The molecule has 0 spiro atoms. The van der Waals surface area contributed by atoms with Crippen molar-refractivity contribution in [2.24, 2.45) is 0 Å². The zero-order valence-electron chi connectivity index (χ0n) is 17.6. The number of halogens is 2. The molecule has 0 fully saturated rings. The highest BCUT2D eigenvalue weighted by Crippen LogP contribution is 2.31. The van der Waals surface area contributed by atoms with Crippen LogP contribution in [0, 0.1) is 18.6 Å². The minimum absolute atomic E-state index is 0.253. The summed E-state index contributed by atoms with van der Waals surface area (Å²) in [5.74, 6) is 0.151. The molecule has 1 aromatic heterocycles. The van der Waals surface area contributed by atoms with Crippen molar-refractivity contribution in [1.82, 2.24) is 10.3 Å². The summed E-state index contributed by atoms with van der Waals surface area (Å²) in [5.41, 5.74) is 4.72. The fourth-order valence-corrected chi connectivity index (χ4v) is 3.44. The summed E-state index contributed by atoms with van der Waals surface area (Å²) in [6.45, 7) is 6.28. The standard InChI is InChI=1S/C27H22F2N2O/c1-18-25(19(2)31-17-20-13-22(28)15-23(29)14-20)9-6-10-27(18)32-24-11-12-30-26(16-24)21-7-4-3-5-8-21/h3-16,31H,2,17H2,1H3. The van der Waals surface area contributed by atoms with Gasteiger partial charge in [0.05, 0.1) is 5.69 Å². The van der Waals surface area contributed by atoms with Gasteiger partial charge < -0.3 is 10.1 Å². The van der Waals surface area contributed by atoms with Crippen molar-refractivity contribution >= 4 is 5.70 Å². The Balaban J connectivity index is 1.51. The van der Waals surface area contributed by atoms with Gasteiger partial charge in [-0.15, -0.1) is 0 Å². The average Bonchev–Trinajstić information content (AvgIpc) is 2.79. The van der Waals surface area contributed by atoms with Crippen LogP contribution in [0.3, 0.4) is 0 Å². The molecule has 1 heterocycles. The monoisotopic (exact) mass is 428 g/mol. The number of ether oxygens (including phenoxy) is 1. The zero-order valence-corrected chi connectivity index (χ0v) is 17.6. The lowest BCUT2D eigenvalue weighted by atomic mass is 10.0. The van der Waals surface area contributed by atoms with Crippen LogP contribution >= 0.6 is 0 Å². The minimum atomic E-state index is -0.605. The van der Waals surface area contributed by atoms with Crippen molar-refractivity contribution in [3.05, 3.63) is 120 Å². The third-order valence-electron chi connectivity index (χ3n) is 5.07. The maximum Gasteiger partial charge on any atom is 0.131 e. The predicted molar refractivity (Wildman–Crippen MR) is 123 cm³/mol. The largest absolute Gasteiger partial charge is 0.457 e. The second kappa shape index (κ2) is 9.43. The molecular formula is C27H22F2N2O. The molecule has 0 bridgehead atoms. The molecule has 0 saturated carbocycles. The Morgan fingerprint density at radius 3 is 2.44 bits per heavy atom. The van der Waals surface area contributed by atoms with Crippen molar-refractivity contribution in [3.63, 3.8) is 0 Å². The summed E-state index contributed by atoms with van der Waals surface area (Å²) in [6, 6.07) is 22.7. The number of hydrogen-bond acceptors (Lipinski definition) is 3. The van der Waals surface area contributed by atoms with E-state index in [2.05, 4.69) is 16.9 Å². The molecule has 4 aromatic rings. The Hall–Kier alpha value is -3.99. The maximum atomic E-state index is 13.4. The first-order chi connectivity index (χ1) is 15.5. The van der Waals surface area contributed by atoms with E-state index in [1.807, 2.05) is 67.6 Å². The topological polar surface area (TPSA) is 34.1 Å².